The van der Waals surface area contributed by atoms with Gasteiger partial charge in [0, 0.05) is 39.3 Å². The Morgan fingerprint density at radius 2 is 1.59 bits per heavy atom. The maximum Gasteiger partial charge on any atom is 0.282 e. The fourth-order valence-electron chi connectivity index (χ4n) is 2.79. The summed E-state index contributed by atoms with van der Waals surface area (Å²) in [5.74, 6) is 2.24. The van der Waals surface area contributed by atoms with Crippen molar-refractivity contribution in [1.82, 2.24) is 18.8 Å². The zero-order valence-electron chi connectivity index (χ0n) is 12.8. The first kappa shape index (κ1) is 17.2. The number of amides is 1. The molecule has 0 unspecified atom stereocenters. The summed E-state index contributed by atoms with van der Waals surface area (Å²) in [5, 5.41) is 2.62. The molecule has 0 spiro atoms. The van der Waals surface area contributed by atoms with E-state index in [0.717, 1.165) is 19.3 Å². The van der Waals surface area contributed by atoms with Crippen LogP contribution in [0.15, 0.2) is 0 Å². The van der Waals surface area contributed by atoms with E-state index in [0.29, 0.717) is 39.3 Å². The van der Waals surface area contributed by atoms with Crippen LogP contribution in [-0.2, 0) is 15.0 Å². The third-order valence-corrected chi connectivity index (χ3v) is 6.09. The van der Waals surface area contributed by atoms with Crippen molar-refractivity contribution in [2.75, 3.05) is 52.4 Å². The van der Waals surface area contributed by atoms with E-state index < -0.39 is 10.2 Å². The van der Waals surface area contributed by atoms with Crippen molar-refractivity contribution in [3.8, 4) is 12.3 Å². The number of rotatable bonds is 5. The lowest BCUT2D eigenvalue weighted by Crippen LogP contribution is -2.55. The molecule has 1 amide bonds. The van der Waals surface area contributed by atoms with E-state index in [-0.39, 0.29) is 19.0 Å². The highest BCUT2D eigenvalue weighted by molar-refractivity contribution is 7.86. The van der Waals surface area contributed by atoms with Crippen molar-refractivity contribution in [1.29, 1.82) is 0 Å². The molecule has 0 atom stereocenters. The maximum absolute atomic E-state index is 12.5. The first-order chi connectivity index (χ1) is 10.5. The molecule has 0 saturated carbocycles. The first-order valence-corrected chi connectivity index (χ1v) is 9.11. The summed E-state index contributed by atoms with van der Waals surface area (Å²) in [6.45, 7) is 3.73. The fraction of sp³-hybridized carbons (Fsp3) is 0.786. The highest BCUT2D eigenvalue weighted by atomic mass is 32.2. The standard InChI is InChI=1S/C14H24N4O3S/c1-2-6-15-14(19)13-16-9-11-18(12-10-16)22(20,21)17-7-4-3-5-8-17/h1H,3-13H2,(H,15,19). The van der Waals surface area contributed by atoms with Gasteiger partial charge in [-0.15, -0.1) is 6.42 Å². The van der Waals surface area contributed by atoms with E-state index in [1.165, 1.54) is 4.31 Å². The van der Waals surface area contributed by atoms with Crippen LogP contribution < -0.4 is 5.32 Å². The molecule has 124 valence electrons. The lowest BCUT2D eigenvalue weighted by atomic mass is 10.2. The van der Waals surface area contributed by atoms with E-state index in [9.17, 15) is 13.2 Å². The Kier molecular flexibility index (Phi) is 6.20. The van der Waals surface area contributed by atoms with Gasteiger partial charge in [0.1, 0.15) is 0 Å². The van der Waals surface area contributed by atoms with Crippen LogP contribution >= 0.6 is 0 Å². The average Bonchev–Trinajstić information content (AvgIpc) is 2.54. The Bertz CT molecular complexity index is 515. The molecule has 2 saturated heterocycles. The zero-order valence-corrected chi connectivity index (χ0v) is 13.6. The Morgan fingerprint density at radius 3 is 2.18 bits per heavy atom. The minimum absolute atomic E-state index is 0.120. The maximum atomic E-state index is 12.5. The van der Waals surface area contributed by atoms with Crippen LogP contribution in [0, 0.1) is 12.3 Å². The summed E-state index contributed by atoms with van der Waals surface area (Å²) in [6.07, 6.45) is 8.07. The molecule has 0 bridgehead atoms. The third-order valence-electron chi connectivity index (χ3n) is 4.05. The summed E-state index contributed by atoms with van der Waals surface area (Å²) in [6, 6.07) is 0. The largest absolute Gasteiger partial charge is 0.344 e. The number of carbonyl (C=O) groups is 1. The van der Waals surface area contributed by atoms with Crippen molar-refractivity contribution < 1.29 is 13.2 Å². The Balaban J connectivity index is 1.81. The molecule has 0 aromatic rings. The van der Waals surface area contributed by atoms with Crippen molar-refractivity contribution in [2.45, 2.75) is 19.3 Å². The summed E-state index contributed by atoms with van der Waals surface area (Å²) in [4.78, 5) is 13.6. The number of terminal acetylenes is 1. The third kappa shape index (κ3) is 4.43. The monoisotopic (exact) mass is 328 g/mol. The second-order valence-electron chi connectivity index (χ2n) is 5.62. The molecule has 1 N–H and O–H groups in total. The second kappa shape index (κ2) is 7.92. The molecular formula is C14H24N4O3S. The molecule has 2 heterocycles. The molecule has 2 fully saturated rings. The van der Waals surface area contributed by atoms with Gasteiger partial charge >= 0.3 is 0 Å². The quantitative estimate of drug-likeness (QED) is 0.663. The van der Waals surface area contributed by atoms with Gasteiger partial charge in [0.15, 0.2) is 0 Å². The van der Waals surface area contributed by atoms with Gasteiger partial charge in [0.2, 0.25) is 5.91 Å². The minimum atomic E-state index is -3.34. The van der Waals surface area contributed by atoms with Gasteiger partial charge < -0.3 is 5.32 Å². The molecular weight excluding hydrogens is 304 g/mol. The van der Waals surface area contributed by atoms with Gasteiger partial charge in [-0.2, -0.15) is 17.0 Å². The van der Waals surface area contributed by atoms with Crippen molar-refractivity contribution in [3.05, 3.63) is 0 Å². The van der Waals surface area contributed by atoms with Crippen LogP contribution in [-0.4, -0.2) is 80.2 Å². The van der Waals surface area contributed by atoms with E-state index in [4.69, 9.17) is 6.42 Å². The van der Waals surface area contributed by atoms with Crippen molar-refractivity contribution in [2.24, 2.45) is 0 Å². The molecule has 0 aromatic heterocycles. The van der Waals surface area contributed by atoms with Crippen molar-refractivity contribution >= 4 is 16.1 Å². The fourth-order valence-corrected chi connectivity index (χ4v) is 4.46. The van der Waals surface area contributed by atoms with Gasteiger partial charge in [-0.1, -0.05) is 12.3 Å². The predicted molar refractivity (Wildman–Crippen MR) is 84.2 cm³/mol. The molecule has 0 radical (unpaired) electrons. The molecule has 2 rings (SSSR count). The molecule has 22 heavy (non-hydrogen) atoms. The number of nitrogens with one attached hydrogen (secondary N) is 1. The highest BCUT2D eigenvalue weighted by Gasteiger charge is 2.33. The minimum Gasteiger partial charge on any atom is -0.344 e. The molecule has 2 aliphatic rings. The Morgan fingerprint density at radius 1 is 1.00 bits per heavy atom. The van der Waals surface area contributed by atoms with E-state index in [2.05, 4.69) is 11.2 Å². The Labute approximate surface area is 132 Å². The van der Waals surface area contributed by atoms with Crippen molar-refractivity contribution in [3.63, 3.8) is 0 Å². The summed E-state index contributed by atoms with van der Waals surface area (Å²) < 4.78 is 28.2. The van der Waals surface area contributed by atoms with Crippen LogP contribution in [0.25, 0.3) is 0 Å². The van der Waals surface area contributed by atoms with Crippen LogP contribution in [0.3, 0.4) is 0 Å². The van der Waals surface area contributed by atoms with Crippen LogP contribution in [0.1, 0.15) is 19.3 Å². The molecule has 7 nitrogen and oxygen atoms in total. The number of piperidine rings is 1. The van der Waals surface area contributed by atoms with Gasteiger partial charge in [0.25, 0.3) is 10.2 Å². The SMILES string of the molecule is C#CCNC(=O)CN1CCN(S(=O)(=O)N2CCCCC2)CC1. The predicted octanol–water partition coefficient (Wildman–Crippen LogP) is -0.916. The topological polar surface area (TPSA) is 73.0 Å². The normalized spacial score (nSPS) is 22.1. The van der Waals surface area contributed by atoms with Gasteiger partial charge in [-0.3, -0.25) is 9.69 Å². The lowest BCUT2D eigenvalue weighted by molar-refractivity contribution is -0.122. The number of carbonyl (C=O) groups excluding carboxylic acids is 1. The van der Waals surface area contributed by atoms with E-state index >= 15 is 0 Å². The van der Waals surface area contributed by atoms with E-state index in [1.54, 1.807) is 4.31 Å². The van der Waals surface area contributed by atoms with Crippen LogP contribution in [0.2, 0.25) is 0 Å². The first-order valence-electron chi connectivity index (χ1n) is 7.72. The Hall–Kier alpha value is -1.14. The number of hydrogen-bond acceptors (Lipinski definition) is 4. The lowest BCUT2D eigenvalue weighted by Gasteiger charge is -2.37. The summed E-state index contributed by atoms with van der Waals surface area (Å²) in [5.41, 5.74) is 0. The van der Waals surface area contributed by atoms with E-state index in [1.807, 2.05) is 4.90 Å². The molecule has 0 aliphatic carbocycles. The smallest absolute Gasteiger partial charge is 0.282 e. The van der Waals surface area contributed by atoms with Gasteiger partial charge in [-0.05, 0) is 12.8 Å². The summed E-state index contributed by atoms with van der Waals surface area (Å²) in [7, 11) is -3.34. The van der Waals surface area contributed by atoms with Crippen LogP contribution in [0.4, 0.5) is 0 Å². The zero-order chi connectivity index (χ0) is 16.0. The number of hydrogen-bond donors (Lipinski definition) is 1. The number of piperazine rings is 1. The van der Waals surface area contributed by atoms with Gasteiger partial charge in [0.05, 0.1) is 13.1 Å². The summed E-state index contributed by atoms with van der Waals surface area (Å²) >= 11 is 0. The van der Waals surface area contributed by atoms with Gasteiger partial charge in [-0.25, -0.2) is 0 Å². The highest BCUT2D eigenvalue weighted by Crippen LogP contribution is 2.17. The number of nitrogens with zero attached hydrogens (tertiary/aromatic N) is 3. The molecule has 0 aromatic carbocycles. The molecule has 8 heteroatoms. The van der Waals surface area contributed by atoms with Crippen LogP contribution in [0.5, 0.6) is 0 Å². The molecule has 2 aliphatic heterocycles. The second-order valence-corrected chi connectivity index (χ2v) is 7.55. The average molecular weight is 328 g/mol.